The highest BCUT2D eigenvalue weighted by Crippen LogP contribution is 2.31. The Morgan fingerprint density at radius 3 is 2.70 bits per heavy atom. The van der Waals surface area contributed by atoms with Crippen molar-refractivity contribution in [2.75, 3.05) is 0 Å². The van der Waals surface area contributed by atoms with E-state index < -0.39 is 0 Å². The average molecular weight is 220 g/mol. The molecule has 0 radical (unpaired) electrons. The summed E-state index contributed by atoms with van der Waals surface area (Å²) in [6.07, 6.45) is 0. The van der Waals surface area contributed by atoms with Crippen molar-refractivity contribution in [1.82, 2.24) is 0 Å². The molecule has 4 heteroatoms. The topological polar surface area (TPSA) is 29.4 Å². The third-order valence-corrected chi connectivity index (χ3v) is 2.41. The summed E-state index contributed by atoms with van der Waals surface area (Å²) in [6, 6.07) is 4.94. The standard InChI is InChI=1S/C6H3BrClNO/c7-6-4(8)2-1-3-5(6)9-10/h1-3H. The van der Waals surface area contributed by atoms with Crippen molar-refractivity contribution in [2.24, 2.45) is 5.18 Å². The first-order valence-corrected chi connectivity index (χ1v) is 3.70. The molecule has 1 rings (SSSR count). The molecule has 1 aromatic rings. The Hall–Kier alpha value is -0.410. The van der Waals surface area contributed by atoms with Crippen LogP contribution in [0, 0.1) is 4.91 Å². The van der Waals surface area contributed by atoms with Gasteiger partial charge in [0.05, 0.1) is 9.50 Å². The Morgan fingerprint density at radius 1 is 1.50 bits per heavy atom. The van der Waals surface area contributed by atoms with E-state index in [1.54, 1.807) is 18.2 Å². The third kappa shape index (κ3) is 1.36. The monoisotopic (exact) mass is 219 g/mol. The third-order valence-electron chi connectivity index (χ3n) is 1.03. The average Bonchev–Trinajstić information content (AvgIpc) is 1.95. The van der Waals surface area contributed by atoms with E-state index in [0.29, 0.717) is 15.2 Å². The summed E-state index contributed by atoms with van der Waals surface area (Å²) in [5.41, 5.74) is 0.326. The van der Waals surface area contributed by atoms with E-state index >= 15 is 0 Å². The van der Waals surface area contributed by atoms with Crippen LogP contribution in [-0.4, -0.2) is 0 Å². The maximum atomic E-state index is 10.0. The molecule has 0 unspecified atom stereocenters. The van der Waals surface area contributed by atoms with Crippen molar-refractivity contribution in [3.8, 4) is 0 Å². The van der Waals surface area contributed by atoms with Gasteiger partial charge in [-0.3, -0.25) is 0 Å². The first kappa shape index (κ1) is 7.69. The van der Waals surface area contributed by atoms with Gasteiger partial charge in [0.25, 0.3) is 0 Å². The second-order valence-electron chi connectivity index (χ2n) is 1.66. The number of hydrogen-bond donors (Lipinski definition) is 0. The summed E-state index contributed by atoms with van der Waals surface area (Å²) in [7, 11) is 0. The van der Waals surface area contributed by atoms with Crippen LogP contribution >= 0.6 is 27.5 Å². The van der Waals surface area contributed by atoms with Crippen molar-refractivity contribution in [3.63, 3.8) is 0 Å². The van der Waals surface area contributed by atoms with Gasteiger partial charge in [-0.15, -0.1) is 4.91 Å². The highest BCUT2D eigenvalue weighted by molar-refractivity contribution is 9.10. The van der Waals surface area contributed by atoms with E-state index in [1.165, 1.54) is 0 Å². The van der Waals surface area contributed by atoms with E-state index in [-0.39, 0.29) is 0 Å². The number of halogens is 2. The first-order chi connectivity index (χ1) is 4.75. The van der Waals surface area contributed by atoms with Crippen LogP contribution < -0.4 is 0 Å². The van der Waals surface area contributed by atoms with Crippen LogP contribution in [0.15, 0.2) is 27.8 Å². The first-order valence-electron chi connectivity index (χ1n) is 2.53. The minimum absolute atomic E-state index is 0.326. The fourth-order valence-electron chi connectivity index (χ4n) is 0.563. The quantitative estimate of drug-likeness (QED) is 0.666. The van der Waals surface area contributed by atoms with Gasteiger partial charge < -0.3 is 0 Å². The SMILES string of the molecule is O=Nc1cccc(Cl)c1Br. The maximum Gasteiger partial charge on any atom is 0.123 e. The van der Waals surface area contributed by atoms with Gasteiger partial charge in [-0.25, -0.2) is 0 Å². The van der Waals surface area contributed by atoms with E-state index in [4.69, 9.17) is 11.6 Å². The van der Waals surface area contributed by atoms with E-state index in [9.17, 15) is 4.91 Å². The van der Waals surface area contributed by atoms with E-state index in [2.05, 4.69) is 21.1 Å². The van der Waals surface area contributed by atoms with E-state index in [1.807, 2.05) is 0 Å². The van der Waals surface area contributed by atoms with Crippen LogP contribution in [-0.2, 0) is 0 Å². The molecule has 0 heterocycles. The molecule has 0 aliphatic carbocycles. The largest absolute Gasteiger partial charge is 0.145 e. The smallest absolute Gasteiger partial charge is 0.123 e. The van der Waals surface area contributed by atoms with Crippen molar-refractivity contribution in [2.45, 2.75) is 0 Å². The van der Waals surface area contributed by atoms with Gasteiger partial charge in [-0.2, -0.15) is 0 Å². The van der Waals surface area contributed by atoms with Gasteiger partial charge in [0.1, 0.15) is 5.69 Å². The van der Waals surface area contributed by atoms with Gasteiger partial charge in [0.15, 0.2) is 0 Å². The van der Waals surface area contributed by atoms with Gasteiger partial charge in [0, 0.05) is 0 Å². The molecule has 0 saturated heterocycles. The molecule has 10 heavy (non-hydrogen) atoms. The summed E-state index contributed by atoms with van der Waals surface area (Å²) in [5, 5.41) is 3.25. The minimum Gasteiger partial charge on any atom is -0.145 e. The molecular formula is C6H3BrClNO. The lowest BCUT2D eigenvalue weighted by Crippen LogP contribution is -1.68. The molecule has 52 valence electrons. The van der Waals surface area contributed by atoms with Gasteiger partial charge in [-0.1, -0.05) is 17.7 Å². The van der Waals surface area contributed by atoms with Gasteiger partial charge >= 0.3 is 0 Å². The Bertz CT molecular complexity index is 264. The Kier molecular flexibility index (Phi) is 2.40. The lowest BCUT2D eigenvalue weighted by molar-refractivity contribution is 1.47. The minimum atomic E-state index is 0.326. The molecule has 0 aliphatic rings. The summed E-state index contributed by atoms with van der Waals surface area (Å²) in [5.74, 6) is 0. The Balaban J connectivity index is 3.27. The van der Waals surface area contributed by atoms with Crippen LogP contribution in [0.1, 0.15) is 0 Å². The van der Waals surface area contributed by atoms with Crippen molar-refractivity contribution < 1.29 is 0 Å². The molecule has 0 spiro atoms. The zero-order valence-electron chi connectivity index (χ0n) is 4.84. The van der Waals surface area contributed by atoms with Crippen LogP contribution in [0.25, 0.3) is 0 Å². The summed E-state index contributed by atoms with van der Waals surface area (Å²) >= 11 is 8.76. The maximum absolute atomic E-state index is 10.0. The predicted octanol–water partition coefficient (Wildman–Crippen LogP) is 3.50. The van der Waals surface area contributed by atoms with Crippen LogP contribution in [0.3, 0.4) is 0 Å². The normalized spacial score (nSPS) is 9.40. The van der Waals surface area contributed by atoms with Gasteiger partial charge in [-0.05, 0) is 33.2 Å². The highest BCUT2D eigenvalue weighted by Gasteiger charge is 2.01. The summed E-state index contributed by atoms with van der Waals surface area (Å²) in [6.45, 7) is 0. The molecule has 0 bridgehead atoms. The zero-order valence-corrected chi connectivity index (χ0v) is 7.19. The van der Waals surface area contributed by atoms with Crippen LogP contribution in [0.4, 0.5) is 5.69 Å². The lowest BCUT2D eigenvalue weighted by atomic mass is 10.3. The van der Waals surface area contributed by atoms with E-state index in [0.717, 1.165) is 0 Å². The van der Waals surface area contributed by atoms with Gasteiger partial charge in [0.2, 0.25) is 0 Å². The zero-order chi connectivity index (χ0) is 7.56. The number of nitrogens with zero attached hydrogens (tertiary/aromatic N) is 1. The molecule has 0 aliphatic heterocycles. The Labute approximate surface area is 71.3 Å². The number of nitroso groups, excluding NO2 is 1. The molecule has 0 saturated carbocycles. The van der Waals surface area contributed by atoms with Crippen molar-refractivity contribution >= 4 is 33.2 Å². The fraction of sp³-hybridized carbons (Fsp3) is 0. The molecule has 0 N–H and O–H groups in total. The molecule has 2 nitrogen and oxygen atoms in total. The van der Waals surface area contributed by atoms with Crippen molar-refractivity contribution in [1.29, 1.82) is 0 Å². The molecular weight excluding hydrogens is 217 g/mol. The van der Waals surface area contributed by atoms with Crippen molar-refractivity contribution in [3.05, 3.63) is 32.6 Å². The Morgan fingerprint density at radius 2 is 2.20 bits per heavy atom. The number of rotatable bonds is 1. The number of hydrogen-bond acceptors (Lipinski definition) is 2. The predicted molar refractivity (Wildman–Crippen MR) is 44.6 cm³/mol. The highest BCUT2D eigenvalue weighted by atomic mass is 79.9. The second-order valence-corrected chi connectivity index (χ2v) is 2.86. The fourth-order valence-corrected chi connectivity index (χ4v) is 1.07. The molecule has 0 aromatic heterocycles. The van der Waals surface area contributed by atoms with Crippen LogP contribution in [0.5, 0.6) is 0 Å². The summed E-state index contributed by atoms with van der Waals surface area (Å²) < 4.78 is 0.548. The number of benzene rings is 1. The summed E-state index contributed by atoms with van der Waals surface area (Å²) in [4.78, 5) is 10.0. The molecule has 0 fully saturated rings. The van der Waals surface area contributed by atoms with Crippen LogP contribution in [0.2, 0.25) is 5.02 Å². The molecule has 1 aromatic carbocycles. The molecule has 0 atom stereocenters. The molecule has 0 amide bonds. The lowest BCUT2D eigenvalue weighted by Gasteiger charge is -1.94. The second kappa shape index (κ2) is 3.12.